The average molecular weight is 331 g/mol. The lowest BCUT2D eigenvalue weighted by molar-refractivity contribution is 0.0827. The lowest BCUT2D eigenvalue weighted by Gasteiger charge is -2.41. The van der Waals surface area contributed by atoms with E-state index in [0.717, 1.165) is 57.0 Å². The zero-order valence-electron chi connectivity index (χ0n) is 14.4. The van der Waals surface area contributed by atoms with Gasteiger partial charge in [0.05, 0.1) is 0 Å². The fourth-order valence-corrected chi connectivity index (χ4v) is 4.90. The molecule has 6 heteroatoms. The van der Waals surface area contributed by atoms with E-state index < -0.39 is 0 Å². The summed E-state index contributed by atoms with van der Waals surface area (Å²) in [5, 5.41) is 7.23. The topological polar surface area (TPSA) is 53.4 Å². The molecule has 2 saturated carbocycles. The van der Waals surface area contributed by atoms with Crippen LogP contribution in [0.5, 0.6) is 0 Å². The Labute approximate surface area is 144 Å². The molecule has 0 radical (unpaired) electrons. The largest absolute Gasteiger partial charge is 0.338 e. The maximum atomic E-state index is 12.3. The maximum Gasteiger partial charge on any atom is 0.317 e. The van der Waals surface area contributed by atoms with Crippen LogP contribution in [0, 0.1) is 11.8 Å². The van der Waals surface area contributed by atoms with E-state index in [1.165, 1.54) is 25.7 Å². The summed E-state index contributed by atoms with van der Waals surface area (Å²) in [6, 6.07) is 2.83. The number of hydrogen-bond acceptors (Lipinski definition) is 3. The van der Waals surface area contributed by atoms with Gasteiger partial charge < -0.3 is 10.2 Å². The van der Waals surface area contributed by atoms with Crippen LogP contribution in [0.3, 0.4) is 0 Å². The zero-order chi connectivity index (χ0) is 16.4. The van der Waals surface area contributed by atoms with Gasteiger partial charge in [-0.05, 0) is 43.6 Å². The first-order chi connectivity index (χ1) is 11.8. The normalized spacial score (nSPS) is 30.0. The molecule has 2 heterocycles. The minimum atomic E-state index is 0.100. The van der Waals surface area contributed by atoms with Crippen LogP contribution in [-0.4, -0.2) is 64.4 Å². The van der Waals surface area contributed by atoms with Gasteiger partial charge in [0.25, 0.3) is 0 Å². The molecule has 3 atom stereocenters. The van der Waals surface area contributed by atoms with E-state index in [-0.39, 0.29) is 6.03 Å². The van der Waals surface area contributed by atoms with Gasteiger partial charge in [0.1, 0.15) is 0 Å². The number of hydrogen-bond donors (Lipinski definition) is 1. The summed E-state index contributed by atoms with van der Waals surface area (Å²) in [6.07, 6.45) is 10.4. The van der Waals surface area contributed by atoms with Crippen LogP contribution in [0.2, 0.25) is 0 Å². The predicted molar refractivity (Wildman–Crippen MR) is 92.6 cm³/mol. The molecule has 1 aliphatic heterocycles. The number of carbonyl (C=O) groups excluding carboxylic acids is 1. The van der Waals surface area contributed by atoms with Crippen molar-refractivity contribution in [3.63, 3.8) is 0 Å². The van der Waals surface area contributed by atoms with E-state index in [1.807, 2.05) is 21.8 Å². The summed E-state index contributed by atoms with van der Waals surface area (Å²) in [5.74, 6) is 1.94. The van der Waals surface area contributed by atoms with Gasteiger partial charge in [0.2, 0.25) is 0 Å². The number of aromatic nitrogens is 2. The lowest BCUT2D eigenvalue weighted by atomic mass is 9.93. The van der Waals surface area contributed by atoms with Gasteiger partial charge in [-0.15, -0.1) is 0 Å². The summed E-state index contributed by atoms with van der Waals surface area (Å²) in [4.78, 5) is 16.9. The predicted octanol–water partition coefficient (Wildman–Crippen LogP) is 1.79. The maximum absolute atomic E-state index is 12.3. The first kappa shape index (κ1) is 15.9. The number of carbonyl (C=O) groups is 1. The lowest BCUT2D eigenvalue weighted by Crippen LogP contribution is -2.55. The summed E-state index contributed by atoms with van der Waals surface area (Å²) in [7, 11) is 0. The second-order valence-corrected chi connectivity index (χ2v) is 7.62. The fourth-order valence-electron chi connectivity index (χ4n) is 4.90. The number of urea groups is 1. The van der Waals surface area contributed by atoms with E-state index >= 15 is 0 Å². The standard InChI is InChI=1S/C18H29N5O/c24-18(19-5-1-7-23-8-2-6-20-23)22-11-9-21(10-12-22)17-14-15-3-4-16(17)13-15/h2,6,8,15-17H,1,3-5,7,9-14H2,(H,19,24). The molecule has 0 aromatic carbocycles. The highest BCUT2D eigenvalue weighted by molar-refractivity contribution is 5.74. The molecular formula is C18H29N5O. The third-order valence-electron chi connectivity index (χ3n) is 6.17. The molecule has 0 spiro atoms. The smallest absolute Gasteiger partial charge is 0.317 e. The van der Waals surface area contributed by atoms with Crippen LogP contribution in [0.15, 0.2) is 18.5 Å². The Kier molecular flexibility index (Phi) is 4.74. The van der Waals surface area contributed by atoms with Crippen molar-refractivity contribution in [2.24, 2.45) is 11.8 Å². The number of nitrogens with one attached hydrogen (secondary N) is 1. The Morgan fingerprint density at radius 1 is 1.17 bits per heavy atom. The average Bonchev–Trinajstić information content (AvgIpc) is 3.36. The molecule has 1 aromatic heterocycles. The van der Waals surface area contributed by atoms with Gasteiger partial charge >= 0.3 is 6.03 Å². The summed E-state index contributed by atoms with van der Waals surface area (Å²) in [6.45, 7) is 5.41. The van der Waals surface area contributed by atoms with Crippen LogP contribution in [0.25, 0.3) is 0 Å². The van der Waals surface area contributed by atoms with Crippen LogP contribution in [0.1, 0.15) is 32.1 Å². The molecule has 1 aromatic rings. The number of amides is 2. The monoisotopic (exact) mass is 331 g/mol. The molecule has 3 unspecified atom stereocenters. The van der Waals surface area contributed by atoms with Crippen molar-refractivity contribution in [3.8, 4) is 0 Å². The molecule has 6 nitrogen and oxygen atoms in total. The highest BCUT2D eigenvalue weighted by atomic mass is 16.2. The third kappa shape index (κ3) is 3.43. The molecule has 1 N–H and O–H groups in total. The Balaban J connectivity index is 1.15. The highest BCUT2D eigenvalue weighted by Crippen LogP contribution is 2.46. The van der Waals surface area contributed by atoms with Gasteiger partial charge in [-0.1, -0.05) is 6.42 Å². The van der Waals surface area contributed by atoms with Crippen molar-refractivity contribution in [1.29, 1.82) is 0 Å². The summed E-state index contributed by atoms with van der Waals surface area (Å²) >= 11 is 0. The summed E-state index contributed by atoms with van der Waals surface area (Å²) < 4.78 is 1.90. The molecule has 4 rings (SSSR count). The van der Waals surface area contributed by atoms with E-state index in [2.05, 4.69) is 15.3 Å². The van der Waals surface area contributed by atoms with Gasteiger partial charge in [-0.25, -0.2) is 4.79 Å². The van der Waals surface area contributed by atoms with Gasteiger partial charge in [-0.3, -0.25) is 9.58 Å². The van der Waals surface area contributed by atoms with Gasteiger partial charge in [0, 0.05) is 57.7 Å². The van der Waals surface area contributed by atoms with Crippen molar-refractivity contribution in [3.05, 3.63) is 18.5 Å². The van der Waals surface area contributed by atoms with Crippen LogP contribution in [-0.2, 0) is 6.54 Å². The minimum Gasteiger partial charge on any atom is -0.338 e. The summed E-state index contributed by atoms with van der Waals surface area (Å²) in [5.41, 5.74) is 0. The number of piperazine rings is 1. The second kappa shape index (κ2) is 7.13. The first-order valence-corrected chi connectivity index (χ1v) is 9.54. The third-order valence-corrected chi connectivity index (χ3v) is 6.17. The fraction of sp³-hybridized carbons (Fsp3) is 0.778. The second-order valence-electron chi connectivity index (χ2n) is 7.62. The van der Waals surface area contributed by atoms with E-state index in [0.29, 0.717) is 6.54 Å². The molecule has 2 bridgehead atoms. The van der Waals surface area contributed by atoms with Crippen molar-refractivity contribution in [2.75, 3.05) is 32.7 Å². The SMILES string of the molecule is O=C(NCCCn1cccn1)N1CCN(C2CC3CCC2C3)CC1. The molecule has 24 heavy (non-hydrogen) atoms. The Hall–Kier alpha value is -1.56. The van der Waals surface area contributed by atoms with Gasteiger partial charge in [-0.2, -0.15) is 5.10 Å². The van der Waals surface area contributed by atoms with Crippen LogP contribution in [0.4, 0.5) is 4.79 Å². The van der Waals surface area contributed by atoms with Crippen molar-refractivity contribution < 1.29 is 4.79 Å². The molecule has 1 saturated heterocycles. The molecular weight excluding hydrogens is 302 g/mol. The molecule has 2 aliphatic carbocycles. The van der Waals surface area contributed by atoms with Crippen molar-refractivity contribution in [1.82, 2.24) is 24.9 Å². The first-order valence-electron chi connectivity index (χ1n) is 9.54. The highest BCUT2D eigenvalue weighted by Gasteiger charge is 2.42. The number of nitrogens with zero attached hydrogens (tertiary/aromatic N) is 4. The molecule has 132 valence electrons. The van der Waals surface area contributed by atoms with Crippen molar-refractivity contribution >= 4 is 6.03 Å². The zero-order valence-corrected chi connectivity index (χ0v) is 14.4. The molecule has 3 fully saturated rings. The quantitative estimate of drug-likeness (QED) is 0.837. The Morgan fingerprint density at radius 2 is 2.04 bits per heavy atom. The van der Waals surface area contributed by atoms with Gasteiger partial charge in [0.15, 0.2) is 0 Å². The van der Waals surface area contributed by atoms with Crippen LogP contribution >= 0.6 is 0 Å². The number of fused-ring (bicyclic) bond motifs is 2. The number of rotatable bonds is 5. The van der Waals surface area contributed by atoms with Crippen molar-refractivity contribution in [2.45, 2.75) is 44.7 Å². The Bertz CT molecular complexity index is 538. The Morgan fingerprint density at radius 3 is 2.71 bits per heavy atom. The van der Waals surface area contributed by atoms with E-state index in [4.69, 9.17) is 0 Å². The number of aryl methyl sites for hydroxylation is 1. The molecule has 2 amide bonds. The van der Waals surface area contributed by atoms with E-state index in [9.17, 15) is 4.79 Å². The van der Waals surface area contributed by atoms with E-state index in [1.54, 1.807) is 6.20 Å². The minimum absolute atomic E-state index is 0.100. The van der Waals surface area contributed by atoms with Crippen LogP contribution < -0.4 is 5.32 Å². The molecule has 3 aliphatic rings.